The van der Waals surface area contributed by atoms with E-state index in [2.05, 4.69) is 5.32 Å². The van der Waals surface area contributed by atoms with E-state index in [4.69, 9.17) is 0 Å². The Bertz CT molecular complexity index is 823. The molecule has 2 aromatic rings. The van der Waals surface area contributed by atoms with Crippen LogP contribution in [0.2, 0.25) is 0 Å². The fourth-order valence-corrected chi connectivity index (χ4v) is 2.40. The van der Waals surface area contributed by atoms with Gasteiger partial charge in [0.05, 0.1) is 16.5 Å². The summed E-state index contributed by atoms with van der Waals surface area (Å²) < 4.78 is 37.8. The summed E-state index contributed by atoms with van der Waals surface area (Å²) in [6.45, 7) is 1.85. The predicted octanol–water partition coefficient (Wildman–Crippen LogP) is 4.07. The summed E-state index contributed by atoms with van der Waals surface area (Å²) in [5.74, 6) is -0.460. The lowest BCUT2D eigenvalue weighted by Gasteiger charge is -2.24. The Morgan fingerprint density at radius 1 is 1.19 bits per heavy atom. The van der Waals surface area contributed by atoms with Gasteiger partial charge in [-0.05, 0) is 37.7 Å². The highest BCUT2D eigenvalue weighted by Crippen LogP contribution is 2.29. The Hall–Kier alpha value is -2.94. The van der Waals surface area contributed by atoms with E-state index in [1.54, 1.807) is 24.9 Å². The van der Waals surface area contributed by atoms with Gasteiger partial charge in [0.1, 0.15) is 5.69 Å². The Morgan fingerprint density at radius 2 is 1.78 bits per heavy atom. The fourth-order valence-electron chi connectivity index (χ4n) is 2.40. The van der Waals surface area contributed by atoms with Gasteiger partial charge in [0.25, 0.3) is 5.69 Å². The van der Waals surface area contributed by atoms with Gasteiger partial charge in [0.2, 0.25) is 5.91 Å². The van der Waals surface area contributed by atoms with Gasteiger partial charge in [-0.15, -0.1) is 0 Å². The number of alkyl halides is 3. The van der Waals surface area contributed by atoms with Crippen LogP contribution in [0.5, 0.6) is 0 Å². The van der Waals surface area contributed by atoms with E-state index < -0.39 is 28.6 Å². The molecule has 27 heavy (non-hydrogen) atoms. The Labute approximate surface area is 153 Å². The molecule has 1 amide bonds. The van der Waals surface area contributed by atoms with Crippen molar-refractivity contribution in [2.75, 3.05) is 12.4 Å². The largest absolute Gasteiger partial charge is 0.416 e. The first-order valence-corrected chi connectivity index (χ1v) is 8.00. The number of likely N-dealkylation sites (N-methyl/N-ethyl adjacent to an activating group) is 1. The third kappa shape index (κ3) is 5.27. The molecule has 9 heteroatoms. The highest BCUT2D eigenvalue weighted by molar-refractivity contribution is 5.96. The average molecular weight is 381 g/mol. The molecule has 0 heterocycles. The highest BCUT2D eigenvalue weighted by Gasteiger charge is 2.30. The van der Waals surface area contributed by atoms with Gasteiger partial charge in [-0.3, -0.25) is 19.8 Å². The number of nitro benzene ring substituents is 1. The number of amides is 1. The molecular formula is C18H18F3N3O3. The van der Waals surface area contributed by atoms with E-state index >= 15 is 0 Å². The van der Waals surface area contributed by atoms with Crippen LogP contribution >= 0.6 is 0 Å². The first kappa shape index (κ1) is 20.4. The molecule has 0 saturated heterocycles. The van der Waals surface area contributed by atoms with Crippen LogP contribution in [0.4, 0.5) is 24.5 Å². The van der Waals surface area contributed by atoms with Crippen LogP contribution in [0.1, 0.15) is 18.1 Å². The van der Waals surface area contributed by atoms with Gasteiger partial charge in [0.15, 0.2) is 0 Å². The molecule has 0 fully saturated rings. The summed E-state index contributed by atoms with van der Waals surface area (Å²) in [6, 6.07) is 9.80. The zero-order chi connectivity index (χ0) is 20.2. The lowest BCUT2D eigenvalue weighted by atomic mass is 10.1. The lowest BCUT2D eigenvalue weighted by Crippen LogP contribution is -2.39. The van der Waals surface area contributed by atoms with Crippen LogP contribution in [0, 0.1) is 10.1 Å². The first-order chi connectivity index (χ1) is 12.6. The molecular weight excluding hydrogens is 363 g/mol. The number of halogens is 3. The number of hydrogen-bond donors (Lipinski definition) is 1. The molecule has 0 bridgehead atoms. The van der Waals surface area contributed by atoms with Crippen molar-refractivity contribution in [1.82, 2.24) is 4.90 Å². The summed E-state index contributed by atoms with van der Waals surface area (Å²) in [6.07, 6.45) is -4.40. The second-order valence-electron chi connectivity index (χ2n) is 6.05. The van der Waals surface area contributed by atoms with Crippen molar-refractivity contribution in [3.63, 3.8) is 0 Å². The second kappa shape index (κ2) is 8.17. The van der Waals surface area contributed by atoms with Crippen LogP contribution in [-0.2, 0) is 17.5 Å². The maximum absolute atomic E-state index is 12.6. The zero-order valence-electron chi connectivity index (χ0n) is 14.7. The van der Waals surface area contributed by atoms with Crippen molar-refractivity contribution in [3.8, 4) is 0 Å². The summed E-state index contributed by atoms with van der Waals surface area (Å²) in [5, 5.41) is 13.5. The minimum atomic E-state index is -4.40. The SMILES string of the molecule is C[C@@H](C(=O)Nc1ccccc1[N+](=O)[O-])N(C)Cc1ccc(C(F)(F)F)cc1. The maximum atomic E-state index is 12.6. The second-order valence-corrected chi connectivity index (χ2v) is 6.05. The molecule has 0 aliphatic heterocycles. The number of rotatable bonds is 6. The number of carbonyl (C=O) groups is 1. The van der Waals surface area contributed by atoms with Crippen LogP contribution in [0.3, 0.4) is 0 Å². The fraction of sp³-hybridized carbons (Fsp3) is 0.278. The summed E-state index contributed by atoms with van der Waals surface area (Å²) in [4.78, 5) is 24.4. The number of nitrogens with zero attached hydrogens (tertiary/aromatic N) is 2. The first-order valence-electron chi connectivity index (χ1n) is 8.00. The van der Waals surface area contributed by atoms with Crippen molar-refractivity contribution < 1.29 is 22.9 Å². The van der Waals surface area contributed by atoms with Gasteiger partial charge in [-0.1, -0.05) is 24.3 Å². The van der Waals surface area contributed by atoms with E-state index in [-0.39, 0.29) is 17.9 Å². The van der Waals surface area contributed by atoms with Gasteiger partial charge in [0, 0.05) is 12.6 Å². The number of nitrogens with one attached hydrogen (secondary N) is 1. The van der Waals surface area contributed by atoms with Crippen LogP contribution in [-0.4, -0.2) is 28.8 Å². The molecule has 0 aromatic heterocycles. The standard InChI is InChI=1S/C18H18F3N3O3/c1-12(17(25)22-15-5-3-4-6-16(15)24(26)27)23(2)11-13-7-9-14(10-8-13)18(19,20)21/h3-10,12H,11H2,1-2H3,(H,22,25)/t12-/m0/s1. The normalized spacial score (nSPS) is 12.7. The predicted molar refractivity (Wildman–Crippen MR) is 94.1 cm³/mol. The minimum Gasteiger partial charge on any atom is -0.319 e. The number of nitro groups is 1. The molecule has 144 valence electrons. The molecule has 1 N–H and O–H groups in total. The van der Waals surface area contributed by atoms with Crippen LogP contribution in [0.25, 0.3) is 0 Å². The van der Waals surface area contributed by atoms with Crippen LogP contribution in [0.15, 0.2) is 48.5 Å². The van der Waals surface area contributed by atoms with Gasteiger partial charge < -0.3 is 5.32 Å². The van der Waals surface area contributed by atoms with E-state index in [0.29, 0.717) is 5.56 Å². The molecule has 6 nitrogen and oxygen atoms in total. The Balaban J connectivity index is 2.03. The number of para-hydroxylation sites is 2. The number of anilines is 1. The van der Waals surface area contributed by atoms with Crippen molar-refractivity contribution in [2.24, 2.45) is 0 Å². The molecule has 0 aliphatic carbocycles. The smallest absolute Gasteiger partial charge is 0.319 e. The third-order valence-electron chi connectivity index (χ3n) is 4.11. The number of hydrogen-bond acceptors (Lipinski definition) is 4. The Kier molecular flexibility index (Phi) is 6.17. The topological polar surface area (TPSA) is 75.5 Å². The molecule has 0 saturated carbocycles. The zero-order valence-corrected chi connectivity index (χ0v) is 14.7. The Morgan fingerprint density at radius 3 is 2.33 bits per heavy atom. The molecule has 2 aromatic carbocycles. The third-order valence-corrected chi connectivity index (χ3v) is 4.11. The number of carbonyl (C=O) groups excluding carboxylic acids is 1. The molecule has 0 spiro atoms. The molecule has 0 radical (unpaired) electrons. The monoisotopic (exact) mass is 381 g/mol. The maximum Gasteiger partial charge on any atom is 0.416 e. The quantitative estimate of drug-likeness (QED) is 0.605. The number of benzene rings is 2. The molecule has 1 atom stereocenters. The van der Waals surface area contributed by atoms with Crippen LogP contribution < -0.4 is 5.32 Å². The van der Waals surface area contributed by atoms with Gasteiger partial charge >= 0.3 is 6.18 Å². The molecule has 0 aliphatic rings. The van der Waals surface area contributed by atoms with Crippen molar-refractivity contribution in [1.29, 1.82) is 0 Å². The van der Waals surface area contributed by atoms with E-state index in [1.165, 1.54) is 30.3 Å². The van der Waals surface area contributed by atoms with E-state index in [0.717, 1.165) is 12.1 Å². The van der Waals surface area contributed by atoms with E-state index in [1.807, 2.05) is 0 Å². The minimum absolute atomic E-state index is 0.0854. The summed E-state index contributed by atoms with van der Waals surface area (Å²) >= 11 is 0. The van der Waals surface area contributed by atoms with Gasteiger partial charge in [-0.25, -0.2) is 0 Å². The highest BCUT2D eigenvalue weighted by atomic mass is 19.4. The van der Waals surface area contributed by atoms with Crippen molar-refractivity contribution >= 4 is 17.3 Å². The molecule has 0 unspecified atom stereocenters. The lowest BCUT2D eigenvalue weighted by molar-refractivity contribution is -0.383. The van der Waals surface area contributed by atoms with E-state index in [9.17, 15) is 28.1 Å². The summed E-state index contributed by atoms with van der Waals surface area (Å²) in [7, 11) is 1.64. The molecule has 2 rings (SSSR count). The van der Waals surface area contributed by atoms with Crippen molar-refractivity contribution in [3.05, 3.63) is 69.8 Å². The average Bonchev–Trinajstić information content (AvgIpc) is 2.61. The van der Waals surface area contributed by atoms with Gasteiger partial charge in [-0.2, -0.15) is 13.2 Å². The van der Waals surface area contributed by atoms with Crippen molar-refractivity contribution in [2.45, 2.75) is 25.7 Å². The summed E-state index contributed by atoms with van der Waals surface area (Å²) in [5.41, 5.74) is -0.266.